The van der Waals surface area contributed by atoms with Gasteiger partial charge in [-0.1, -0.05) is 0 Å². The zero-order valence-corrected chi connectivity index (χ0v) is 23.4. The fraction of sp³-hybridized carbons (Fsp3) is 0.538. The van der Waals surface area contributed by atoms with Crippen LogP contribution < -0.4 is 19.9 Å². The van der Waals surface area contributed by atoms with Crippen LogP contribution in [0.2, 0.25) is 0 Å². The van der Waals surface area contributed by atoms with Crippen LogP contribution in [0.1, 0.15) is 46.0 Å². The maximum atomic E-state index is 13.4. The lowest BCUT2D eigenvalue weighted by Crippen LogP contribution is -2.59. The van der Waals surface area contributed by atoms with Crippen molar-refractivity contribution < 1.29 is 19.1 Å². The minimum absolute atomic E-state index is 0.0523. The Morgan fingerprint density at radius 3 is 2.51 bits per heavy atom. The SMILES string of the molecule is COc1nc2nc(C)nn2cc1NC(=O)N1CCc2c(N3C[C@@H](C)N(C(=O)OC(C)(C)C)[C@@H](C)C3)ccnc21. The van der Waals surface area contributed by atoms with E-state index in [0.717, 1.165) is 11.3 Å². The smallest absolute Gasteiger partial charge is 0.410 e. The van der Waals surface area contributed by atoms with Gasteiger partial charge in [-0.15, -0.1) is 0 Å². The Balaban J connectivity index is 1.34. The first kappa shape index (κ1) is 26.4. The lowest BCUT2D eigenvalue weighted by Gasteiger charge is -2.45. The zero-order chi connectivity index (χ0) is 28.1. The molecule has 13 nitrogen and oxygen atoms in total. The number of methoxy groups -OCH3 is 1. The summed E-state index contributed by atoms with van der Waals surface area (Å²) in [7, 11) is 1.49. The van der Waals surface area contributed by atoms with Crippen molar-refractivity contribution in [1.82, 2.24) is 29.5 Å². The van der Waals surface area contributed by atoms with Crippen molar-refractivity contribution in [1.29, 1.82) is 0 Å². The van der Waals surface area contributed by atoms with E-state index >= 15 is 0 Å². The van der Waals surface area contributed by atoms with Crippen LogP contribution in [0.25, 0.3) is 5.78 Å². The standard InChI is InChI=1S/C26H35N9O4/c1-15-12-32(13-16(2)35(15)25(37)39-26(4,5)6)20-8-10-27-21-18(20)9-11-33(21)24(36)29-19-14-34-23(28-17(3)31-34)30-22(19)38-7/h8,10,14-16H,9,11-13H2,1-7H3,(H,29,36)/t15-,16+. The number of pyridine rings is 1. The number of aromatic nitrogens is 5. The van der Waals surface area contributed by atoms with E-state index in [1.807, 2.05) is 45.6 Å². The lowest BCUT2D eigenvalue weighted by atomic mass is 10.1. The van der Waals surface area contributed by atoms with E-state index in [9.17, 15) is 9.59 Å². The quantitative estimate of drug-likeness (QED) is 0.535. The molecule has 3 amide bonds. The predicted molar refractivity (Wildman–Crippen MR) is 146 cm³/mol. The molecule has 1 fully saturated rings. The topological polar surface area (TPSA) is 130 Å². The van der Waals surface area contributed by atoms with E-state index in [2.05, 4.69) is 30.3 Å². The van der Waals surface area contributed by atoms with Gasteiger partial charge in [0, 0.05) is 37.1 Å². The number of urea groups is 1. The summed E-state index contributed by atoms with van der Waals surface area (Å²) in [6, 6.07) is 1.54. The van der Waals surface area contributed by atoms with Crippen LogP contribution in [0, 0.1) is 6.92 Å². The summed E-state index contributed by atoms with van der Waals surface area (Å²) in [5.41, 5.74) is 1.86. The van der Waals surface area contributed by atoms with Crippen molar-refractivity contribution in [2.24, 2.45) is 0 Å². The molecule has 1 N–H and O–H groups in total. The summed E-state index contributed by atoms with van der Waals surface area (Å²) in [4.78, 5) is 45.1. The molecule has 13 heteroatoms. The average molecular weight is 538 g/mol. The zero-order valence-electron chi connectivity index (χ0n) is 23.4. The van der Waals surface area contributed by atoms with Gasteiger partial charge < -0.3 is 19.7 Å². The van der Waals surface area contributed by atoms with Gasteiger partial charge in [-0.25, -0.2) is 19.1 Å². The van der Waals surface area contributed by atoms with E-state index < -0.39 is 5.60 Å². The number of ether oxygens (including phenoxy) is 2. The maximum Gasteiger partial charge on any atom is 0.410 e. The molecule has 2 aliphatic rings. The van der Waals surface area contributed by atoms with Crippen LogP contribution in [0.3, 0.4) is 0 Å². The van der Waals surface area contributed by atoms with Gasteiger partial charge in [-0.2, -0.15) is 15.1 Å². The van der Waals surface area contributed by atoms with Crippen LogP contribution in [-0.2, 0) is 11.2 Å². The third-order valence-corrected chi connectivity index (χ3v) is 6.80. The van der Waals surface area contributed by atoms with Crippen LogP contribution in [0.4, 0.5) is 26.8 Å². The Bertz CT molecular complexity index is 1400. The molecule has 0 spiro atoms. The number of anilines is 3. The Hall–Kier alpha value is -4.16. The second-order valence-corrected chi connectivity index (χ2v) is 11.0. The molecule has 2 atom stereocenters. The molecule has 3 aromatic heterocycles. The minimum Gasteiger partial charge on any atom is -0.479 e. The van der Waals surface area contributed by atoms with Gasteiger partial charge in [0.2, 0.25) is 5.88 Å². The Morgan fingerprint density at radius 1 is 1.13 bits per heavy atom. The Kier molecular flexibility index (Phi) is 6.69. The predicted octanol–water partition coefficient (Wildman–Crippen LogP) is 3.27. The summed E-state index contributed by atoms with van der Waals surface area (Å²) >= 11 is 0. The first-order chi connectivity index (χ1) is 18.4. The molecule has 0 radical (unpaired) electrons. The van der Waals surface area contributed by atoms with Crippen molar-refractivity contribution in [3.05, 3.63) is 29.8 Å². The fourth-order valence-electron chi connectivity index (χ4n) is 5.30. The number of carbonyl (C=O) groups excluding carboxylic acids is 2. The van der Waals surface area contributed by atoms with Gasteiger partial charge in [0.1, 0.15) is 22.9 Å². The maximum absolute atomic E-state index is 13.4. The molecular formula is C26H35N9O4. The van der Waals surface area contributed by atoms with Crippen LogP contribution >= 0.6 is 0 Å². The fourth-order valence-corrected chi connectivity index (χ4v) is 5.30. The third-order valence-electron chi connectivity index (χ3n) is 6.80. The number of nitrogens with one attached hydrogen (secondary N) is 1. The number of hydrogen-bond donors (Lipinski definition) is 1. The Labute approximate surface area is 227 Å². The number of carbonyl (C=O) groups is 2. The third kappa shape index (κ3) is 5.12. The first-order valence-electron chi connectivity index (χ1n) is 13.1. The summed E-state index contributed by atoms with van der Waals surface area (Å²) in [5.74, 6) is 1.81. The molecule has 5 heterocycles. The number of piperazine rings is 1. The number of fused-ring (bicyclic) bond motifs is 2. The van der Waals surface area contributed by atoms with Gasteiger partial charge in [0.05, 0.1) is 25.4 Å². The molecule has 0 aliphatic carbocycles. The van der Waals surface area contributed by atoms with Crippen LogP contribution in [-0.4, -0.2) is 86.0 Å². The average Bonchev–Trinajstić information content (AvgIpc) is 3.44. The van der Waals surface area contributed by atoms with Crippen molar-refractivity contribution in [3.63, 3.8) is 0 Å². The molecule has 0 aromatic carbocycles. The summed E-state index contributed by atoms with van der Waals surface area (Å²) in [5, 5.41) is 7.17. The molecule has 0 saturated carbocycles. The van der Waals surface area contributed by atoms with Crippen LogP contribution in [0.5, 0.6) is 5.88 Å². The monoisotopic (exact) mass is 537 g/mol. The van der Waals surface area contributed by atoms with E-state index in [1.54, 1.807) is 24.2 Å². The second-order valence-electron chi connectivity index (χ2n) is 11.0. The van der Waals surface area contributed by atoms with Crippen molar-refractivity contribution in [2.75, 3.05) is 41.9 Å². The normalized spacial score (nSPS) is 19.3. The number of nitrogens with zero attached hydrogens (tertiary/aromatic N) is 8. The highest BCUT2D eigenvalue weighted by molar-refractivity contribution is 6.03. The molecule has 3 aromatic rings. The molecule has 2 aliphatic heterocycles. The molecule has 1 saturated heterocycles. The lowest BCUT2D eigenvalue weighted by molar-refractivity contribution is 0.00565. The van der Waals surface area contributed by atoms with Gasteiger partial charge >= 0.3 is 12.1 Å². The van der Waals surface area contributed by atoms with E-state index in [1.165, 1.54) is 11.6 Å². The van der Waals surface area contributed by atoms with E-state index in [4.69, 9.17) is 9.47 Å². The minimum atomic E-state index is -0.552. The Morgan fingerprint density at radius 2 is 1.85 bits per heavy atom. The highest BCUT2D eigenvalue weighted by atomic mass is 16.6. The summed E-state index contributed by atoms with van der Waals surface area (Å²) in [6.07, 6.45) is 3.72. The van der Waals surface area contributed by atoms with Crippen molar-refractivity contribution >= 4 is 35.1 Å². The van der Waals surface area contributed by atoms with Crippen molar-refractivity contribution in [3.8, 4) is 5.88 Å². The van der Waals surface area contributed by atoms with Gasteiger partial charge in [0.15, 0.2) is 0 Å². The van der Waals surface area contributed by atoms with Crippen LogP contribution in [0.15, 0.2) is 18.5 Å². The molecular weight excluding hydrogens is 502 g/mol. The van der Waals surface area contributed by atoms with Gasteiger partial charge in [-0.05, 0) is 54.0 Å². The first-order valence-corrected chi connectivity index (χ1v) is 13.1. The van der Waals surface area contributed by atoms with E-state index in [0.29, 0.717) is 49.2 Å². The highest BCUT2D eigenvalue weighted by Crippen LogP contribution is 2.36. The molecule has 0 unspecified atom stereocenters. The molecule has 0 bridgehead atoms. The number of hydrogen-bond acceptors (Lipinski definition) is 9. The largest absolute Gasteiger partial charge is 0.479 e. The van der Waals surface area contributed by atoms with Gasteiger partial charge in [0.25, 0.3) is 5.78 Å². The second kappa shape index (κ2) is 9.86. The summed E-state index contributed by atoms with van der Waals surface area (Å²) < 4.78 is 12.5. The summed E-state index contributed by atoms with van der Waals surface area (Å²) in [6.45, 7) is 13.2. The molecule has 208 valence electrons. The number of rotatable bonds is 3. The van der Waals surface area contributed by atoms with Gasteiger partial charge in [-0.3, -0.25) is 9.80 Å². The van der Waals surface area contributed by atoms with Crippen molar-refractivity contribution in [2.45, 2.75) is 65.6 Å². The molecule has 39 heavy (non-hydrogen) atoms. The molecule has 5 rings (SSSR count). The van der Waals surface area contributed by atoms with E-state index in [-0.39, 0.29) is 30.1 Å². The number of amides is 3. The highest BCUT2D eigenvalue weighted by Gasteiger charge is 2.38. The number of aryl methyl sites for hydroxylation is 1.